The molecule has 0 N–H and O–H groups in total. The fraction of sp³-hybridized carbons (Fsp3) is 0.533. The molecule has 0 aromatic heterocycles. The third-order valence-electron chi connectivity index (χ3n) is 3.61. The lowest BCUT2D eigenvalue weighted by molar-refractivity contribution is 0.101. The number of ketones is 1. The van der Waals surface area contributed by atoms with Crippen molar-refractivity contribution in [2.24, 2.45) is 5.92 Å². The summed E-state index contributed by atoms with van der Waals surface area (Å²) in [4.78, 5) is 13.7. The second-order valence-corrected chi connectivity index (χ2v) is 5.10. The number of hydrogen-bond acceptors (Lipinski definition) is 3. The SMILES string of the molecule is COCC1CCCN(c2cccc(F)c2C(C)=O)C1. The van der Waals surface area contributed by atoms with Gasteiger partial charge in [0.2, 0.25) is 0 Å². The van der Waals surface area contributed by atoms with Crippen molar-refractivity contribution < 1.29 is 13.9 Å². The molecule has 1 aromatic rings. The van der Waals surface area contributed by atoms with E-state index in [1.807, 2.05) is 6.07 Å². The highest BCUT2D eigenvalue weighted by atomic mass is 19.1. The van der Waals surface area contributed by atoms with E-state index in [1.54, 1.807) is 13.2 Å². The van der Waals surface area contributed by atoms with E-state index in [2.05, 4.69) is 4.90 Å². The third kappa shape index (κ3) is 3.13. The van der Waals surface area contributed by atoms with Crippen molar-refractivity contribution in [3.05, 3.63) is 29.6 Å². The summed E-state index contributed by atoms with van der Waals surface area (Å²) in [5.41, 5.74) is 0.925. The van der Waals surface area contributed by atoms with Gasteiger partial charge in [-0.3, -0.25) is 4.79 Å². The van der Waals surface area contributed by atoms with Gasteiger partial charge in [-0.1, -0.05) is 6.07 Å². The Bertz CT molecular complexity index is 459. The molecule has 0 spiro atoms. The number of methoxy groups -OCH3 is 1. The summed E-state index contributed by atoms with van der Waals surface area (Å²) in [6, 6.07) is 4.84. The Hall–Kier alpha value is -1.42. The van der Waals surface area contributed by atoms with Crippen molar-refractivity contribution in [3.63, 3.8) is 0 Å². The quantitative estimate of drug-likeness (QED) is 0.784. The van der Waals surface area contributed by atoms with Crippen LogP contribution in [-0.2, 0) is 4.74 Å². The largest absolute Gasteiger partial charge is 0.384 e. The van der Waals surface area contributed by atoms with Crippen molar-refractivity contribution in [1.82, 2.24) is 0 Å². The number of nitrogens with zero attached hydrogens (tertiary/aromatic N) is 1. The Morgan fingerprint density at radius 2 is 2.32 bits per heavy atom. The second-order valence-electron chi connectivity index (χ2n) is 5.10. The van der Waals surface area contributed by atoms with Crippen LogP contribution in [0, 0.1) is 11.7 Å². The maximum Gasteiger partial charge on any atom is 0.164 e. The van der Waals surface area contributed by atoms with Gasteiger partial charge in [-0.05, 0) is 37.8 Å². The van der Waals surface area contributed by atoms with Gasteiger partial charge in [0, 0.05) is 20.2 Å². The predicted molar refractivity (Wildman–Crippen MR) is 73.2 cm³/mol. The van der Waals surface area contributed by atoms with Crippen molar-refractivity contribution in [2.75, 3.05) is 31.7 Å². The molecule has 3 nitrogen and oxygen atoms in total. The lowest BCUT2D eigenvalue weighted by Gasteiger charge is -2.35. The normalized spacial score (nSPS) is 19.5. The van der Waals surface area contributed by atoms with Crippen molar-refractivity contribution >= 4 is 11.5 Å². The van der Waals surface area contributed by atoms with E-state index in [9.17, 15) is 9.18 Å². The van der Waals surface area contributed by atoms with E-state index in [0.29, 0.717) is 18.2 Å². The molecule has 0 aliphatic carbocycles. The summed E-state index contributed by atoms with van der Waals surface area (Å²) in [5, 5.41) is 0. The number of benzene rings is 1. The van der Waals surface area contributed by atoms with Crippen molar-refractivity contribution in [2.45, 2.75) is 19.8 Å². The number of halogens is 1. The monoisotopic (exact) mass is 265 g/mol. The summed E-state index contributed by atoms with van der Waals surface area (Å²) in [6.45, 7) is 3.81. The van der Waals surface area contributed by atoms with Gasteiger partial charge in [0.15, 0.2) is 5.78 Å². The van der Waals surface area contributed by atoms with Gasteiger partial charge in [-0.25, -0.2) is 4.39 Å². The lowest BCUT2D eigenvalue weighted by Crippen LogP contribution is -2.38. The van der Waals surface area contributed by atoms with Crippen LogP contribution in [0.2, 0.25) is 0 Å². The summed E-state index contributed by atoms with van der Waals surface area (Å²) in [7, 11) is 1.70. The van der Waals surface area contributed by atoms with Crippen molar-refractivity contribution in [3.8, 4) is 0 Å². The first-order chi connectivity index (χ1) is 9.13. The van der Waals surface area contributed by atoms with E-state index in [4.69, 9.17) is 4.74 Å². The zero-order valence-electron chi connectivity index (χ0n) is 11.5. The molecular formula is C15H20FNO2. The molecule has 104 valence electrons. The number of piperidine rings is 1. The molecule has 1 aromatic carbocycles. The molecule has 0 bridgehead atoms. The zero-order valence-corrected chi connectivity index (χ0v) is 11.5. The van der Waals surface area contributed by atoms with Crippen LogP contribution in [0.25, 0.3) is 0 Å². The maximum atomic E-state index is 13.8. The lowest BCUT2D eigenvalue weighted by atomic mass is 9.97. The first kappa shape index (κ1) is 14.0. The van der Waals surface area contributed by atoms with Crippen LogP contribution in [-0.4, -0.2) is 32.6 Å². The van der Waals surface area contributed by atoms with Crippen LogP contribution >= 0.6 is 0 Å². The average molecular weight is 265 g/mol. The molecule has 1 aliphatic heterocycles. The van der Waals surface area contributed by atoms with Gasteiger partial charge < -0.3 is 9.64 Å². The number of carbonyl (C=O) groups is 1. The fourth-order valence-corrected chi connectivity index (χ4v) is 2.78. The van der Waals surface area contributed by atoms with Gasteiger partial charge in [0.1, 0.15) is 5.82 Å². The minimum absolute atomic E-state index is 0.209. The highest BCUT2D eigenvalue weighted by molar-refractivity contribution is 6.00. The Kier molecular flexibility index (Phi) is 4.53. The van der Waals surface area contributed by atoms with E-state index >= 15 is 0 Å². The summed E-state index contributed by atoms with van der Waals surface area (Å²) in [5.74, 6) is -0.206. The molecule has 4 heteroatoms. The average Bonchev–Trinajstić information content (AvgIpc) is 2.38. The van der Waals surface area contributed by atoms with E-state index in [0.717, 1.165) is 25.9 Å². The number of hydrogen-bond donors (Lipinski definition) is 0. The standard InChI is InChI=1S/C15H20FNO2/c1-11(18)15-13(16)6-3-7-14(15)17-8-4-5-12(9-17)10-19-2/h3,6-7,12H,4-5,8-10H2,1-2H3. The van der Waals surface area contributed by atoms with Crippen LogP contribution in [0.1, 0.15) is 30.1 Å². The zero-order chi connectivity index (χ0) is 13.8. The molecule has 1 heterocycles. The first-order valence-electron chi connectivity index (χ1n) is 6.66. The molecule has 0 amide bonds. The van der Waals surface area contributed by atoms with Crippen LogP contribution in [0.4, 0.5) is 10.1 Å². The minimum Gasteiger partial charge on any atom is -0.384 e. The number of carbonyl (C=O) groups excluding carboxylic acids is 1. The topological polar surface area (TPSA) is 29.5 Å². The van der Waals surface area contributed by atoms with Gasteiger partial charge >= 0.3 is 0 Å². The Morgan fingerprint density at radius 1 is 1.53 bits per heavy atom. The minimum atomic E-state index is -0.432. The smallest absolute Gasteiger partial charge is 0.164 e. The Labute approximate surface area is 113 Å². The van der Waals surface area contributed by atoms with E-state index < -0.39 is 5.82 Å². The van der Waals surface area contributed by atoms with Gasteiger partial charge in [0.25, 0.3) is 0 Å². The fourth-order valence-electron chi connectivity index (χ4n) is 2.78. The predicted octanol–water partition coefficient (Wildman–Crippen LogP) is 2.89. The molecule has 1 aliphatic rings. The number of ether oxygens (including phenoxy) is 1. The van der Waals surface area contributed by atoms with Crippen LogP contribution in [0.5, 0.6) is 0 Å². The third-order valence-corrected chi connectivity index (χ3v) is 3.61. The molecule has 1 saturated heterocycles. The van der Waals surface area contributed by atoms with Crippen LogP contribution in [0.3, 0.4) is 0 Å². The molecule has 19 heavy (non-hydrogen) atoms. The molecule has 0 radical (unpaired) electrons. The second kappa shape index (κ2) is 6.15. The van der Waals surface area contributed by atoms with E-state index in [-0.39, 0.29) is 11.3 Å². The molecule has 1 unspecified atom stereocenters. The summed E-state index contributed by atoms with van der Waals surface area (Å²) < 4.78 is 19.0. The Balaban J connectivity index is 2.26. The Morgan fingerprint density at radius 3 is 3.00 bits per heavy atom. The highest BCUT2D eigenvalue weighted by Crippen LogP contribution is 2.28. The van der Waals surface area contributed by atoms with Gasteiger partial charge in [-0.15, -0.1) is 0 Å². The van der Waals surface area contributed by atoms with Gasteiger partial charge in [0.05, 0.1) is 17.9 Å². The van der Waals surface area contributed by atoms with E-state index in [1.165, 1.54) is 13.0 Å². The summed E-state index contributed by atoms with van der Waals surface area (Å²) in [6.07, 6.45) is 2.16. The first-order valence-corrected chi connectivity index (χ1v) is 6.66. The number of Topliss-reactive ketones (excluding diaryl/α,β-unsaturated/α-hetero) is 1. The maximum absolute atomic E-state index is 13.8. The van der Waals surface area contributed by atoms with Gasteiger partial charge in [-0.2, -0.15) is 0 Å². The van der Waals surface area contributed by atoms with Crippen LogP contribution in [0.15, 0.2) is 18.2 Å². The molecule has 2 rings (SSSR count). The number of anilines is 1. The molecule has 1 atom stereocenters. The van der Waals surface area contributed by atoms with Crippen LogP contribution < -0.4 is 4.90 Å². The molecular weight excluding hydrogens is 245 g/mol. The highest BCUT2D eigenvalue weighted by Gasteiger charge is 2.24. The van der Waals surface area contributed by atoms with Crippen molar-refractivity contribution in [1.29, 1.82) is 0 Å². The summed E-state index contributed by atoms with van der Waals surface area (Å²) >= 11 is 0. The number of rotatable bonds is 4. The molecule has 1 fully saturated rings. The molecule has 0 saturated carbocycles.